The Kier molecular flexibility index (Phi) is 13.8. The molecule has 3 aromatic carbocycles. The van der Waals surface area contributed by atoms with Crippen molar-refractivity contribution < 1.29 is 33.3 Å². The van der Waals surface area contributed by atoms with Crippen molar-refractivity contribution in [3.05, 3.63) is 110 Å². The van der Waals surface area contributed by atoms with E-state index in [1.54, 1.807) is 0 Å². The Labute approximate surface area is 370 Å². The van der Waals surface area contributed by atoms with Crippen molar-refractivity contribution in [2.24, 2.45) is 5.92 Å². The Hall–Kier alpha value is -4.30. The number of fused-ring (bicyclic) bond motifs is 2. The molecule has 1 saturated heterocycles. The molecule has 0 bridgehead atoms. The van der Waals surface area contributed by atoms with Gasteiger partial charge in [0.2, 0.25) is 0 Å². The van der Waals surface area contributed by atoms with Crippen molar-refractivity contribution >= 4 is 29.2 Å². The molecule has 0 radical (unpaired) electrons. The number of benzene rings is 3. The number of nitrogens with zero attached hydrogens (tertiary/aromatic N) is 2. The van der Waals surface area contributed by atoms with Crippen LogP contribution >= 0.6 is 23.2 Å². The summed E-state index contributed by atoms with van der Waals surface area (Å²) in [5, 5.41) is 25.1. The van der Waals surface area contributed by atoms with Gasteiger partial charge in [-0.3, -0.25) is 4.79 Å². The maximum atomic E-state index is 11.4. The van der Waals surface area contributed by atoms with E-state index in [-0.39, 0.29) is 30.3 Å². The summed E-state index contributed by atoms with van der Waals surface area (Å²) in [5.74, 6) is 2.20. The number of carbonyl (C=O) groups is 1. The van der Waals surface area contributed by atoms with E-state index in [9.17, 15) is 15.2 Å². The lowest BCUT2D eigenvalue weighted by Crippen LogP contribution is -2.52. The average molecular weight is 868 g/mol. The fourth-order valence-electron chi connectivity index (χ4n) is 9.63. The van der Waals surface area contributed by atoms with Crippen LogP contribution in [0.4, 0.5) is 0 Å². The second-order valence-electron chi connectivity index (χ2n) is 17.8. The minimum Gasteiger partial charge on any atom is -0.492 e. The van der Waals surface area contributed by atoms with E-state index >= 15 is 0 Å². The highest BCUT2D eigenvalue weighted by molar-refractivity contribution is 6.35. The van der Waals surface area contributed by atoms with Crippen LogP contribution in [-0.4, -0.2) is 73.7 Å². The number of halogens is 2. The van der Waals surface area contributed by atoms with E-state index in [0.29, 0.717) is 58.5 Å². The van der Waals surface area contributed by atoms with Crippen LogP contribution in [-0.2, 0) is 22.5 Å². The lowest BCUT2D eigenvalue weighted by molar-refractivity contribution is -0.915. The van der Waals surface area contributed by atoms with E-state index in [2.05, 4.69) is 48.8 Å². The molecule has 0 spiro atoms. The topological polar surface area (TPSA) is 110 Å². The molecule has 1 aliphatic heterocycles. The van der Waals surface area contributed by atoms with Crippen LogP contribution in [0.2, 0.25) is 10.0 Å². The Bertz CT molecular complexity index is 2240. The summed E-state index contributed by atoms with van der Waals surface area (Å²) in [4.78, 5) is 11.4. The molecule has 9 nitrogen and oxygen atoms in total. The van der Waals surface area contributed by atoms with Gasteiger partial charge in [-0.2, -0.15) is 5.26 Å². The van der Waals surface area contributed by atoms with Crippen molar-refractivity contribution in [1.82, 2.24) is 5.32 Å². The van der Waals surface area contributed by atoms with Gasteiger partial charge in [0.25, 0.3) is 0 Å². The number of ether oxygens (including phenoxy) is 4. The second-order valence-corrected chi connectivity index (χ2v) is 18.6. The summed E-state index contributed by atoms with van der Waals surface area (Å²) in [6.07, 6.45) is 15.7. The van der Waals surface area contributed by atoms with Crippen LogP contribution in [0, 0.1) is 17.2 Å². The van der Waals surface area contributed by atoms with Gasteiger partial charge in [0.1, 0.15) is 36.1 Å². The third-order valence-electron chi connectivity index (χ3n) is 13.3. The second kappa shape index (κ2) is 19.4. The van der Waals surface area contributed by atoms with Gasteiger partial charge in [0.15, 0.2) is 0 Å². The van der Waals surface area contributed by atoms with Gasteiger partial charge in [-0.15, -0.1) is 0 Å². The molecule has 1 unspecified atom stereocenters. The standard InChI is InChI=1S/C50H58Cl2N3O6/c1-32(56)60-38-18-21-55(2,22-19-38)20-7-23-58-47-13-6-10-42(50(47)52)39-8-5-9-41-40(39)16-17-46(41)61-49-28-48(37(27-43(49)51)30-54-44-11-3-4-12-45(44)57)59-31-33-14-15-35-26-36(35)25-34(24-33)29-53/h5-6,8-10,13-14,24-25,27-28,35,38,44-46,54,57H,3-4,7,11-12,15-23,26,30-31H2,1-2H3/q+1/b33-14+,34-24+,36-25-/t35?,38?,44-,45+,46+,55?/m1/s1. The number of hydrogen-bond acceptors (Lipinski definition) is 8. The zero-order chi connectivity index (χ0) is 42.5. The maximum Gasteiger partial charge on any atom is 0.302 e. The average Bonchev–Trinajstić information content (AvgIpc) is 3.84. The Morgan fingerprint density at radius 1 is 0.967 bits per heavy atom. The zero-order valence-electron chi connectivity index (χ0n) is 35.4. The van der Waals surface area contributed by atoms with Crippen molar-refractivity contribution in [1.29, 1.82) is 5.26 Å². The molecule has 4 aliphatic carbocycles. The fraction of sp³-hybridized carbons (Fsp3) is 0.480. The first kappa shape index (κ1) is 43.4. The predicted molar refractivity (Wildman–Crippen MR) is 239 cm³/mol. The van der Waals surface area contributed by atoms with E-state index in [0.717, 1.165) is 123 Å². The van der Waals surface area contributed by atoms with Gasteiger partial charge in [0.05, 0.1) is 61.1 Å². The number of quaternary nitrogens is 1. The fourth-order valence-corrected chi connectivity index (χ4v) is 10.1. The monoisotopic (exact) mass is 866 g/mol. The summed E-state index contributed by atoms with van der Waals surface area (Å²) < 4.78 is 26.0. The molecule has 3 aromatic rings. The molecule has 61 heavy (non-hydrogen) atoms. The molecule has 0 aromatic heterocycles. The van der Waals surface area contributed by atoms with Gasteiger partial charge >= 0.3 is 5.97 Å². The van der Waals surface area contributed by atoms with Gasteiger partial charge in [-0.1, -0.05) is 78.0 Å². The molecular formula is C50H58Cl2N3O6+. The minimum absolute atomic E-state index is 0.00921. The van der Waals surface area contributed by atoms with Crippen LogP contribution in [0.1, 0.15) is 93.9 Å². The third-order valence-corrected chi connectivity index (χ3v) is 14.0. The smallest absolute Gasteiger partial charge is 0.302 e. The largest absolute Gasteiger partial charge is 0.492 e. The molecule has 0 amide bonds. The van der Waals surface area contributed by atoms with Crippen molar-refractivity contribution in [2.45, 2.75) is 108 Å². The molecule has 4 atom stereocenters. The third kappa shape index (κ3) is 10.7. The number of piperidine rings is 1. The molecule has 2 saturated carbocycles. The Morgan fingerprint density at radius 2 is 1.77 bits per heavy atom. The number of aliphatic hydroxyl groups is 1. The lowest BCUT2D eigenvalue weighted by atomic mass is 9.92. The number of hydrogen-bond donors (Lipinski definition) is 2. The van der Waals surface area contributed by atoms with Crippen molar-refractivity contribution in [2.75, 3.05) is 39.9 Å². The summed E-state index contributed by atoms with van der Waals surface area (Å²) in [6, 6.07) is 18.5. The van der Waals surface area contributed by atoms with Crippen LogP contribution in [0.25, 0.3) is 11.1 Å². The molecule has 8 rings (SSSR count). The summed E-state index contributed by atoms with van der Waals surface area (Å²) >= 11 is 14.1. The predicted octanol–water partition coefficient (Wildman–Crippen LogP) is 10.2. The SMILES string of the molecule is CC(=O)OC1CC[N+](C)(CCCOc2cccc(-c3cccc4c3CC[C@@H]4Oc3cc(OCC4=C/CC5C/C5=C/C(C#N)=C\4)c(CN[C@@H]4CCCC[C@@H]4O)cc3Cl)c2Cl)CC1. The first-order valence-electron chi connectivity index (χ1n) is 22.1. The maximum absolute atomic E-state index is 11.4. The summed E-state index contributed by atoms with van der Waals surface area (Å²) in [6.45, 7) is 5.78. The van der Waals surface area contributed by atoms with Crippen molar-refractivity contribution in [3.63, 3.8) is 0 Å². The molecule has 2 N–H and O–H groups in total. The lowest BCUT2D eigenvalue weighted by Gasteiger charge is -2.40. The van der Waals surface area contributed by atoms with Crippen LogP contribution in [0.15, 0.2) is 83.5 Å². The molecule has 1 heterocycles. The normalized spacial score (nSPS) is 28.2. The summed E-state index contributed by atoms with van der Waals surface area (Å²) in [7, 11) is 2.27. The highest BCUT2D eigenvalue weighted by atomic mass is 35.5. The number of nitrogens with one attached hydrogen (secondary N) is 1. The Balaban J connectivity index is 0.958. The molecule has 3 fully saturated rings. The summed E-state index contributed by atoms with van der Waals surface area (Å²) in [5.41, 5.74) is 8.15. The number of aliphatic hydroxyl groups excluding tert-OH is 1. The molecular weight excluding hydrogens is 809 g/mol. The van der Waals surface area contributed by atoms with Gasteiger partial charge in [-0.25, -0.2) is 0 Å². The van der Waals surface area contributed by atoms with Gasteiger partial charge in [0, 0.05) is 56.0 Å². The first-order chi connectivity index (χ1) is 29.6. The quantitative estimate of drug-likeness (QED) is 0.0883. The number of carbonyl (C=O) groups excluding carboxylic acids is 1. The highest BCUT2D eigenvalue weighted by Gasteiger charge is 2.33. The molecule has 11 heteroatoms. The van der Waals surface area contributed by atoms with Gasteiger partial charge in [-0.05, 0) is 91.0 Å². The zero-order valence-corrected chi connectivity index (χ0v) is 36.9. The van der Waals surface area contributed by atoms with Crippen LogP contribution < -0.4 is 19.5 Å². The van der Waals surface area contributed by atoms with E-state index in [1.807, 2.05) is 36.4 Å². The number of rotatable bonds is 15. The molecule has 5 aliphatic rings. The minimum atomic E-state index is -0.380. The number of likely N-dealkylation sites (tertiary alicyclic amines) is 1. The molecule has 322 valence electrons. The van der Waals surface area contributed by atoms with E-state index in [4.69, 9.17) is 42.1 Å². The van der Waals surface area contributed by atoms with E-state index < -0.39 is 0 Å². The van der Waals surface area contributed by atoms with Gasteiger partial charge < -0.3 is 33.9 Å². The highest BCUT2D eigenvalue weighted by Crippen LogP contribution is 2.46. The van der Waals surface area contributed by atoms with Crippen LogP contribution in [0.3, 0.4) is 0 Å². The number of esters is 1. The van der Waals surface area contributed by atoms with E-state index in [1.165, 1.54) is 18.1 Å². The Morgan fingerprint density at radius 3 is 2.57 bits per heavy atom. The van der Waals surface area contributed by atoms with Crippen LogP contribution in [0.5, 0.6) is 17.2 Å². The number of nitriles is 1. The number of allylic oxidation sites excluding steroid dienone is 4. The van der Waals surface area contributed by atoms with Crippen molar-refractivity contribution in [3.8, 4) is 34.4 Å². The first-order valence-corrected chi connectivity index (χ1v) is 22.9.